The van der Waals surface area contributed by atoms with E-state index in [0.717, 1.165) is 28.7 Å². The zero-order chi connectivity index (χ0) is 16.8. The molecule has 0 bridgehead atoms. The molecule has 1 atom stereocenters. The van der Waals surface area contributed by atoms with E-state index >= 15 is 0 Å². The summed E-state index contributed by atoms with van der Waals surface area (Å²) in [5.74, 6) is 6.82. The molecule has 0 saturated carbocycles. The van der Waals surface area contributed by atoms with Crippen molar-refractivity contribution >= 4 is 16.7 Å². The number of anilines is 1. The lowest BCUT2D eigenvalue weighted by Gasteiger charge is -2.16. The molecule has 0 saturated heterocycles. The Balaban J connectivity index is 1.72. The SMILES string of the molecule is CCC(CC#Cc1ccc(F)cc1)Nc1ncnc2ccccc12. The Morgan fingerprint density at radius 3 is 2.67 bits per heavy atom. The average molecular weight is 319 g/mol. The van der Waals surface area contributed by atoms with Gasteiger partial charge in [0.15, 0.2) is 0 Å². The molecule has 120 valence electrons. The van der Waals surface area contributed by atoms with Crippen LogP contribution in [0.5, 0.6) is 0 Å². The van der Waals surface area contributed by atoms with Crippen LogP contribution >= 0.6 is 0 Å². The molecule has 0 aliphatic carbocycles. The minimum Gasteiger partial charge on any atom is -0.366 e. The van der Waals surface area contributed by atoms with Crippen molar-refractivity contribution in [2.45, 2.75) is 25.8 Å². The Bertz CT molecular complexity index is 873. The minimum atomic E-state index is -0.246. The second-order valence-corrected chi connectivity index (χ2v) is 5.50. The van der Waals surface area contributed by atoms with E-state index in [2.05, 4.69) is 34.0 Å². The van der Waals surface area contributed by atoms with Gasteiger partial charge in [-0.05, 0) is 42.8 Å². The Morgan fingerprint density at radius 1 is 1.08 bits per heavy atom. The van der Waals surface area contributed by atoms with Gasteiger partial charge >= 0.3 is 0 Å². The maximum absolute atomic E-state index is 12.9. The monoisotopic (exact) mass is 319 g/mol. The zero-order valence-electron chi connectivity index (χ0n) is 13.5. The molecule has 2 aromatic carbocycles. The summed E-state index contributed by atoms with van der Waals surface area (Å²) in [5, 5.41) is 4.46. The molecule has 1 heterocycles. The van der Waals surface area contributed by atoms with Crippen LogP contribution in [-0.2, 0) is 0 Å². The molecular formula is C20H18FN3. The van der Waals surface area contributed by atoms with E-state index in [-0.39, 0.29) is 11.9 Å². The fourth-order valence-corrected chi connectivity index (χ4v) is 2.42. The van der Waals surface area contributed by atoms with Crippen molar-refractivity contribution in [1.29, 1.82) is 0 Å². The fourth-order valence-electron chi connectivity index (χ4n) is 2.42. The van der Waals surface area contributed by atoms with Gasteiger partial charge in [0.05, 0.1) is 5.52 Å². The van der Waals surface area contributed by atoms with Gasteiger partial charge in [-0.2, -0.15) is 0 Å². The molecule has 24 heavy (non-hydrogen) atoms. The van der Waals surface area contributed by atoms with E-state index in [0.29, 0.717) is 6.42 Å². The first-order chi connectivity index (χ1) is 11.8. The van der Waals surface area contributed by atoms with Crippen LogP contribution in [0.2, 0.25) is 0 Å². The third-order valence-corrected chi connectivity index (χ3v) is 3.80. The second kappa shape index (κ2) is 7.56. The molecule has 0 radical (unpaired) electrons. The van der Waals surface area contributed by atoms with Gasteiger partial charge in [-0.3, -0.25) is 0 Å². The van der Waals surface area contributed by atoms with Crippen molar-refractivity contribution < 1.29 is 4.39 Å². The van der Waals surface area contributed by atoms with Gasteiger partial charge in [0.2, 0.25) is 0 Å². The summed E-state index contributed by atoms with van der Waals surface area (Å²) in [7, 11) is 0. The fraction of sp³-hybridized carbons (Fsp3) is 0.200. The van der Waals surface area contributed by atoms with Crippen molar-refractivity contribution in [3.63, 3.8) is 0 Å². The molecule has 1 N–H and O–H groups in total. The van der Waals surface area contributed by atoms with Gasteiger partial charge in [-0.1, -0.05) is 30.9 Å². The van der Waals surface area contributed by atoms with Crippen LogP contribution in [0.25, 0.3) is 10.9 Å². The standard InChI is InChI=1S/C20H18FN3/c1-2-17(7-5-6-15-10-12-16(21)13-11-15)24-20-18-8-3-4-9-19(18)22-14-23-20/h3-4,8-14,17H,2,7H2,1H3,(H,22,23,24). The maximum atomic E-state index is 12.9. The third kappa shape index (κ3) is 3.88. The van der Waals surface area contributed by atoms with Crippen LogP contribution in [0.15, 0.2) is 54.9 Å². The largest absolute Gasteiger partial charge is 0.366 e. The first-order valence-electron chi connectivity index (χ1n) is 7.97. The summed E-state index contributed by atoms with van der Waals surface area (Å²) in [6.07, 6.45) is 3.18. The number of fused-ring (bicyclic) bond motifs is 1. The van der Waals surface area contributed by atoms with E-state index < -0.39 is 0 Å². The molecular weight excluding hydrogens is 301 g/mol. The number of rotatable bonds is 4. The predicted octanol–water partition coefficient (Wildman–Crippen LogP) is 4.40. The first-order valence-corrected chi connectivity index (χ1v) is 7.97. The molecule has 3 aromatic rings. The highest BCUT2D eigenvalue weighted by Gasteiger charge is 2.08. The van der Waals surface area contributed by atoms with E-state index in [1.165, 1.54) is 12.1 Å². The summed E-state index contributed by atoms with van der Waals surface area (Å²) in [6.45, 7) is 2.11. The van der Waals surface area contributed by atoms with Crippen LogP contribution in [0, 0.1) is 17.7 Å². The summed E-state index contributed by atoms with van der Waals surface area (Å²) in [6, 6.07) is 14.3. The summed E-state index contributed by atoms with van der Waals surface area (Å²) >= 11 is 0. The lowest BCUT2D eigenvalue weighted by Crippen LogP contribution is -2.18. The van der Waals surface area contributed by atoms with Gasteiger partial charge < -0.3 is 5.32 Å². The number of para-hydroxylation sites is 1. The molecule has 4 heteroatoms. The Morgan fingerprint density at radius 2 is 1.88 bits per heavy atom. The number of nitrogens with zero attached hydrogens (tertiary/aromatic N) is 2. The Labute approximate surface area is 141 Å². The van der Waals surface area contributed by atoms with Crippen molar-refractivity contribution in [2.75, 3.05) is 5.32 Å². The van der Waals surface area contributed by atoms with Crippen LogP contribution in [0.3, 0.4) is 0 Å². The first kappa shape index (κ1) is 15.9. The van der Waals surface area contributed by atoms with E-state index in [4.69, 9.17) is 0 Å². The molecule has 1 unspecified atom stereocenters. The minimum absolute atomic E-state index is 0.191. The van der Waals surface area contributed by atoms with Gasteiger partial charge in [-0.15, -0.1) is 0 Å². The Hall–Kier alpha value is -2.93. The third-order valence-electron chi connectivity index (χ3n) is 3.80. The maximum Gasteiger partial charge on any atom is 0.137 e. The normalized spacial score (nSPS) is 11.6. The number of aromatic nitrogens is 2. The summed E-state index contributed by atoms with van der Waals surface area (Å²) in [4.78, 5) is 8.63. The molecule has 0 aliphatic rings. The zero-order valence-corrected chi connectivity index (χ0v) is 13.5. The van der Waals surface area contributed by atoms with Crippen LogP contribution in [-0.4, -0.2) is 16.0 Å². The molecule has 0 amide bonds. The Kier molecular flexibility index (Phi) is 5.02. The van der Waals surface area contributed by atoms with Crippen molar-refractivity contribution in [1.82, 2.24) is 9.97 Å². The molecule has 3 nitrogen and oxygen atoms in total. The van der Waals surface area contributed by atoms with Crippen molar-refractivity contribution in [2.24, 2.45) is 0 Å². The highest BCUT2D eigenvalue weighted by atomic mass is 19.1. The van der Waals surface area contributed by atoms with E-state index in [1.807, 2.05) is 24.3 Å². The van der Waals surface area contributed by atoms with Crippen LogP contribution in [0.1, 0.15) is 25.3 Å². The van der Waals surface area contributed by atoms with Crippen LogP contribution < -0.4 is 5.32 Å². The lowest BCUT2D eigenvalue weighted by molar-refractivity contribution is 0.627. The van der Waals surface area contributed by atoms with Crippen molar-refractivity contribution in [3.05, 3.63) is 66.2 Å². The van der Waals surface area contributed by atoms with Crippen molar-refractivity contribution in [3.8, 4) is 11.8 Å². The number of halogens is 1. The predicted molar refractivity (Wildman–Crippen MR) is 95.1 cm³/mol. The number of hydrogen-bond donors (Lipinski definition) is 1. The smallest absolute Gasteiger partial charge is 0.137 e. The molecule has 0 aliphatic heterocycles. The van der Waals surface area contributed by atoms with Gasteiger partial charge in [0.25, 0.3) is 0 Å². The molecule has 0 spiro atoms. The number of nitrogens with one attached hydrogen (secondary N) is 1. The summed E-state index contributed by atoms with van der Waals surface area (Å²) < 4.78 is 12.9. The molecule has 1 aromatic heterocycles. The van der Waals surface area contributed by atoms with E-state index in [9.17, 15) is 4.39 Å². The van der Waals surface area contributed by atoms with Gasteiger partial charge in [0, 0.05) is 23.4 Å². The quantitative estimate of drug-likeness (QED) is 0.724. The highest BCUT2D eigenvalue weighted by Crippen LogP contribution is 2.20. The molecule has 0 fully saturated rings. The topological polar surface area (TPSA) is 37.8 Å². The number of benzene rings is 2. The number of hydrogen-bond acceptors (Lipinski definition) is 3. The van der Waals surface area contributed by atoms with Gasteiger partial charge in [-0.25, -0.2) is 14.4 Å². The average Bonchev–Trinajstić information content (AvgIpc) is 2.62. The summed E-state index contributed by atoms with van der Waals surface area (Å²) in [5.41, 5.74) is 1.74. The van der Waals surface area contributed by atoms with E-state index in [1.54, 1.807) is 18.5 Å². The second-order valence-electron chi connectivity index (χ2n) is 5.50. The highest BCUT2D eigenvalue weighted by molar-refractivity contribution is 5.88. The lowest BCUT2D eigenvalue weighted by atomic mass is 10.1. The molecule has 3 rings (SSSR count). The van der Waals surface area contributed by atoms with Gasteiger partial charge in [0.1, 0.15) is 18.0 Å². The van der Waals surface area contributed by atoms with Crippen LogP contribution in [0.4, 0.5) is 10.2 Å².